The van der Waals surface area contributed by atoms with E-state index in [0.29, 0.717) is 31.2 Å². The molecular formula is C37H35F6N7O3. The van der Waals surface area contributed by atoms with Gasteiger partial charge in [-0.25, -0.2) is 18.2 Å². The number of terminal acetylenes is 1. The molecule has 2 unspecified atom stereocenters. The number of alkyl halides is 4. The van der Waals surface area contributed by atoms with Crippen molar-refractivity contribution in [2.24, 2.45) is 0 Å². The van der Waals surface area contributed by atoms with Crippen LogP contribution >= 0.6 is 0 Å². The van der Waals surface area contributed by atoms with Crippen LogP contribution in [0.25, 0.3) is 32.9 Å². The molecule has 4 atom stereocenters. The summed E-state index contributed by atoms with van der Waals surface area (Å²) in [5.41, 5.74) is -1.34. The van der Waals surface area contributed by atoms with Crippen LogP contribution in [0.15, 0.2) is 24.3 Å². The van der Waals surface area contributed by atoms with Gasteiger partial charge in [-0.3, -0.25) is 9.69 Å². The SMILES string of the molecule is C#Cc1c(F)ccc2cc(O)cc(-c3nc(N(C)C)c4c(N5CC6CCC(C5)N6C(=O)C(F)(F)F)nc(OC[C@]56CCCN5C[C@@H](F)C6)nc4c3F)c12. The lowest BCUT2D eigenvalue weighted by atomic mass is 9.95. The predicted octanol–water partition coefficient (Wildman–Crippen LogP) is 5.57. The zero-order valence-electron chi connectivity index (χ0n) is 28.9. The Morgan fingerprint density at radius 1 is 1.09 bits per heavy atom. The Kier molecular flexibility index (Phi) is 8.28. The first kappa shape index (κ1) is 35.0. The molecule has 2 bridgehead atoms. The lowest BCUT2D eigenvalue weighted by Gasteiger charge is -2.42. The largest absolute Gasteiger partial charge is 0.508 e. The smallest absolute Gasteiger partial charge is 0.471 e. The Labute approximate surface area is 300 Å². The highest BCUT2D eigenvalue weighted by Gasteiger charge is 2.53. The molecule has 0 aliphatic carbocycles. The van der Waals surface area contributed by atoms with Crippen molar-refractivity contribution in [2.75, 3.05) is 56.7 Å². The summed E-state index contributed by atoms with van der Waals surface area (Å²) in [6.07, 6.45) is 2.05. The Hall–Kier alpha value is -5.04. The van der Waals surface area contributed by atoms with Crippen LogP contribution < -0.4 is 14.5 Å². The quantitative estimate of drug-likeness (QED) is 0.201. The van der Waals surface area contributed by atoms with Gasteiger partial charge in [-0.1, -0.05) is 12.0 Å². The second-order valence-electron chi connectivity index (χ2n) is 14.6. The summed E-state index contributed by atoms with van der Waals surface area (Å²) in [4.78, 5) is 32.6. The molecule has 4 aromatic rings. The number of hydrogen-bond acceptors (Lipinski definition) is 9. The predicted molar refractivity (Wildman–Crippen MR) is 185 cm³/mol. The molecule has 4 aliphatic rings. The van der Waals surface area contributed by atoms with Crippen molar-refractivity contribution < 1.29 is 41.0 Å². The van der Waals surface area contributed by atoms with E-state index in [-0.39, 0.29) is 89.2 Å². The van der Waals surface area contributed by atoms with E-state index in [9.17, 15) is 27.5 Å². The molecule has 16 heteroatoms. The van der Waals surface area contributed by atoms with E-state index in [1.165, 1.54) is 18.2 Å². The van der Waals surface area contributed by atoms with Crippen LogP contribution in [0.3, 0.4) is 0 Å². The molecule has 6 heterocycles. The summed E-state index contributed by atoms with van der Waals surface area (Å²) >= 11 is 0. The number of hydrogen-bond donors (Lipinski definition) is 1. The molecule has 53 heavy (non-hydrogen) atoms. The minimum absolute atomic E-state index is 0.00432. The summed E-state index contributed by atoms with van der Waals surface area (Å²) < 4.78 is 94.0. The molecule has 0 radical (unpaired) electrons. The van der Waals surface area contributed by atoms with E-state index in [1.54, 1.807) is 23.9 Å². The lowest BCUT2D eigenvalue weighted by Crippen LogP contribution is -2.59. The Balaban J connectivity index is 1.32. The maximum atomic E-state index is 17.3. The van der Waals surface area contributed by atoms with Gasteiger partial charge in [0.1, 0.15) is 47.2 Å². The van der Waals surface area contributed by atoms with E-state index < -0.39 is 47.5 Å². The monoisotopic (exact) mass is 739 g/mol. The third-order valence-corrected chi connectivity index (χ3v) is 11.1. The number of rotatable bonds is 6. The molecule has 2 aromatic heterocycles. The number of halogens is 6. The fourth-order valence-electron chi connectivity index (χ4n) is 8.87. The number of carbonyl (C=O) groups excluding carboxylic acids is 1. The number of ether oxygens (including phenoxy) is 1. The molecule has 278 valence electrons. The first-order valence-corrected chi connectivity index (χ1v) is 17.4. The lowest BCUT2D eigenvalue weighted by molar-refractivity contribution is -0.188. The summed E-state index contributed by atoms with van der Waals surface area (Å²) in [5.74, 6) is -1.26. The highest BCUT2D eigenvalue weighted by molar-refractivity contribution is 6.06. The molecule has 8 rings (SSSR count). The molecule has 1 N–H and O–H groups in total. The average molecular weight is 740 g/mol. The van der Waals surface area contributed by atoms with Gasteiger partial charge in [0, 0.05) is 51.1 Å². The van der Waals surface area contributed by atoms with Crippen LogP contribution in [0, 0.1) is 24.0 Å². The standard InChI is InChI=1S/C37H35F6N7O3/c1-4-24-26(39)9-6-19-12-23(51)13-25(27(19)24)30-29(40)31-28(32(44-30)47(2)3)33(48-16-21-7-8-22(17-48)50(21)34(52)37(41,42)43)46-35(45-31)53-18-36-10-5-11-49(36)15-20(38)14-36/h1,6,9,12-13,20-22,51H,5,7-8,10-11,14-18H2,2-3H3/t20-,21?,22?,36+/m0/s1. The van der Waals surface area contributed by atoms with Crippen molar-refractivity contribution in [3.8, 4) is 35.4 Å². The van der Waals surface area contributed by atoms with E-state index >= 15 is 8.78 Å². The molecule has 1 amide bonds. The summed E-state index contributed by atoms with van der Waals surface area (Å²) in [6, 6.07) is 3.32. The number of piperazine rings is 1. The maximum Gasteiger partial charge on any atom is 0.471 e. The third-order valence-electron chi connectivity index (χ3n) is 11.1. The first-order chi connectivity index (χ1) is 25.2. The molecule has 0 saturated carbocycles. The molecule has 4 saturated heterocycles. The Morgan fingerprint density at radius 3 is 2.51 bits per heavy atom. The van der Waals surface area contributed by atoms with Gasteiger partial charge in [0.05, 0.1) is 28.6 Å². The molecule has 0 spiro atoms. The topological polar surface area (TPSA) is 98.2 Å². The van der Waals surface area contributed by atoms with Gasteiger partial charge < -0.3 is 24.5 Å². The number of anilines is 2. The fraction of sp³-hybridized carbons (Fsp3) is 0.459. The van der Waals surface area contributed by atoms with Crippen molar-refractivity contribution in [3.05, 3.63) is 41.5 Å². The first-order valence-electron chi connectivity index (χ1n) is 17.4. The van der Waals surface area contributed by atoms with Crippen molar-refractivity contribution in [3.63, 3.8) is 0 Å². The van der Waals surface area contributed by atoms with Gasteiger partial charge in [0.15, 0.2) is 5.82 Å². The summed E-state index contributed by atoms with van der Waals surface area (Å²) in [5, 5.41) is 11.3. The van der Waals surface area contributed by atoms with Crippen LogP contribution in [0.5, 0.6) is 11.8 Å². The molecule has 4 aliphatic heterocycles. The van der Waals surface area contributed by atoms with Gasteiger partial charge >= 0.3 is 18.1 Å². The van der Waals surface area contributed by atoms with Crippen molar-refractivity contribution in [1.82, 2.24) is 24.8 Å². The number of benzene rings is 2. The van der Waals surface area contributed by atoms with Crippen LogP contribution in [-0.2, 0) is 4.79 Å². The second-order valence-corrected chi connectivity index (χ2v) is 14.6. The molecule has 2 aromatic carbocycles. The maximum absolute atomic E-state index is 17.3. The van der Waals surface area contributed by atoms with Gasteiger partial charge in [-0.15, -0.1) is 6.42 Å². The normalized spacial score (nSPS) is 24.2. The van der Waals surface area contributed by atoms with Gasteiger partial charge in [-0.2, -0.15) is 23.1 Å². The minimum atomic E-state index is -5.04. The van der Waals surface area contributed by atoms with E-state index in [4.69, 9.17) is 16.1 Å². The highest BCUT2D eigenvalue weighted by Crippen LogP contribution is 2.45. The minimum Gasteiger partial charge on any atom is -0.508 e. The van der Waals surface area contributed by atoms with Gasteiger partial charge in [-0.05, 0) is 55.8 Å². The third kappa shape index (κ3) is 5.71. The number of aromatic hydroxyl groups is 1. The van der Waals surface area contributed by atoms with Crippen LogP contribution in [-0.4, -0.2) is 113 Å². The van der Waals surface area contributed by atoms with Crippen molar-refractivity contribution in [1.29, 1.82) is 0 Å². The van der Waals surface area contributed by atoms with Crippen molar-refractivity contribution in [2.45, 2.75) is 62.1 Å². The Morgan fingerprint density at radius 2 is 1.83 bits per heavy atom. The van der Waals surface area contributed by atoms with Crippen LogP contribution in [0.1, 0.15) is 37.7 Å². The highest BCUT2D eigenvalue weighted by atomic mass is 19.4. The fourth-order valence-corrected chi connectivity index (χ4v) is 8.87. The van der Waals surface area contributed by atoms with Crippen LogP contribution in [0.2, 0.25) is 0 Å². The van der Waals surface area contributed by atoms with E-state index in [2.05, 4.69) is 15.9 Å². The van der Waals surface area contributed by atoms with E-state index in [0.717, 1.165) is 17.4 Å². The second kappa shape index (κ2) is 12.5. The van der Waals surface area contributed by atoms with Crippen molar-refractivity contribution >= 4 is 39.2 Å². The summed E-state index contributed by atoms with van der Waals surface area (Å²) in [6.45, 7) is 0.905. The zero-order chi connectivity index (χ0) is 37.6. The Bertz CT molecular complexity index is 2200. The van der Waals surface area contributed by atoms with Gasteiger partial charge in [0.25, 0.3) is 0 Å². The number of carbonyl (C=O) groups is 1. The molecule has 10 nitrogen and oxygen atoms in total. The average Bonchev–Trinajstić information content (AvgIpc) is 3.72. The molecule has 4 fully saturated rings. The van der Waals surface area contributed by atoms with Crippen LogP contribution in [0.4, 0.5) is 38.0 Å². The number of phenolic OH excluding ortho intramolecular Hbond substituents is 1. The van der Waals surface area contributed by atoms with Gasteiger partial charge in [0.2, 0.25) is 0 Å². The summed E-state index contributed by atoms with van der Waals surface area (Å²) in [7, 11) is 3.30. The number of aromatic nitrogens is 3. The number of phenols is 1. The number of fused-ring (bicyclic) bond motifs is 5. The molecular weight excluding hydrogens is 704 g/mol. The number of amides is 1. The number of pyridine rings is 1. The number of nitrogens with zero attached hydrogens (tertiary/aromatic N) is 7. The van der Waals surface area contributed by atoms with E-state index in [1.807, 2.05) is 4.90 Å². The zero-order valence-corrected chi connectivity index (χ0v) is 28.9.